The van der Waals surface area contributed by atoms with Gasteiger partial charge in [0.25, 0.3) is 5.91 Å². The summed E-state index contributed by atoms with van der Waals surface area (Å²) in [5.41, 5.74) is 5.10. The molecule has 0 saturated heterocycles. The van der Waals surface area contributed by atoms with E-state index in [9.17, 15) is 4.79 Å². The zero-order valence-corrected chi connectivity index (χ0v) is 16.1. The van der Waals surface area contributed by atoms with Gasteiger partial charge < -0.3 is 10.6 Å². The number of amides is 1. The number of rotatable bonds is 6. The molecule has 28 heavy (non-hydrogen) atoms. The number of aromatic nitrogens is 3. The van der Waals surface area contributed by atoms with Crippen LogP contribution in [-0.4, -0.2) is 26.7 Å². The summed E-state index contributed by atoms with van der Waals surface area (Å²) in [5.74, 6) is -0.114. The van der Waals surface area contributed by atoms with Crippen LogP contribution in [0.5, 0.6) is 0 Å². The predicted molar refractivity (Wildman–Crippen MR) is 108 cm³/mol. The molecule has 1 aliphatic rings. The summed E-state index contributed by atoms with van der Waals surface area (Å²) in [5, 5.41) is 11.1. The Morgan fingerprint density at radius 3 is 2.64 bits per heavy atom. The number of benzene rings is 1. The molecule has 1 aliphatic carbocycles. The smallest absolute Gasteiger partial charge is 0.272 e. The summed E-state index contributed by atoms with van der Waals surface area (Å²) < 4.78 is 1.87. The van der Waals surface area contributed by atoms with E-state index in [4.69, 9.17) is 0 Å². The summed E-state index contributed by atoms with van der Waals surface area (Å²) in [6.07, 6.45) is 6.27. The first-order chi connectivity index (χ1) is 13.7. The van der Waals surface area contributed by atoms with Gasteiger partial charge in [0.15, 0.2) is 5.69 Å². The summed E-state index contributed by atoms with van der Waals surface area (Å²) in [7, 11) is 1.93. The van der Waals surface area contributed by atoms with Gasteiger partial charge in [0.2, 0.25) is 0 Å². The number of carbonyl (C=O) groups excluding carboxylic acids is 1. The average molecular weight is 375 g/mol. The minimum atomic E-state index is -0.114. The van der Waals surface area contributed by atoms with Crippen LogP contribution >= 0.6 is 0 Å². The first-order valence-electron chi connectivity index (χ1n) is 9.70. The Kier molecular flexibility index (Phi) is 5.48. The van der Waals surface area contributed by atoms with Crippen LogP contribution in [0.1, 0.15) is 39.3 Å². The van der Waals surface area contributed by atoms with E-state index in [-0.39, 0.29) is 5.91 Å². The molecule has 144 valence electrons. The topological polar surface area (TPSA) is 71.8 Å². The largest absolute Gasteiger partial charge is 0.347 e. The Morgan fingerprint density at radius 2 is 1.86 bits per heavy atom. The fourth-order valence-electron chi connectivity index (χ4n) is 3.77. The number of hydrogen-bond acceptors (Lipinski definition) is 4. The van der Waals surface area contributed by atoms with Gasteiger partial charge in [-0.1, -0.05) is 30.3 Å². The number of fused-ring (bicyclic) bond motifs is 1. The Morgan fingerprint density at radius 1 is 1.11 bits per heavy atom. The van der Waals surface area contributed by atoms with E-state index >= 15 is 0 Å². The third-order valence-corrected chi connectivity index (χ3v) is 5.31. The highest BCUT2D eigenvalue weighted by atomic mass is 16.1. The van der Waals surface area contributed by atoms with Gasteiger partial charge in [-0.25, -0.2) is 0 Å². The molecule has 6 heteroatoms. The van der Waals surface area contributed by atoms with Crippen LogP contribution in [0.3, 0.4) is 0 Å². The van der Waals surface area contributed by atoms with E-state index in [1.54, 1.807) is 12.4 Å². The molecule has 6 nitrogen and oxygen atoms in total. The van der Waals surface area contributed by atoms with Crippen molar-refractivity contribution < 1.29 is 4.79 Å². The molecule has 2 N–H and O–H groups in total. The van der Waals surface area contributed by atoms with Crippen molar-refractivity contribution in [2.45, 2.75) is 38.4 Å². The second-order valence-corrected chi connectivity index (χ2v) is 7.24. The van der Waals surface area contributed by atoms with E-state index in [0.29, 0.717) is 18.3 Å². The van der Waals surface area contributed by atoms with Crippen molar-refractivity contribution in [3.05, 3.63) is 82.9 Å². The van der Waals surface area contributed by atoms with Crippen molar-refractivity contribution in [3.8, 4) is 0 Å². The molecule has 0 fully saturated rings. The minimum Gasteiger partial charge on any atom is -0.347 e. The molecule has 1 amide bonds. The molecule has 1 aromatic carbocycles. The molecule has 1 atom stereocenters. The monoisotopic (exact) mass is 375 g/mol. The Bertz CT molecular complexity index is 936. The van der Waals surface area contributed by atoms with Crippen molar-refractivity contribution in [1.82, 2.24) is 25.4 Å². The second kappa shape index (κ2) is 8.35. The molecule has 0 radical (unpaired) electrons. The van der Waals surface area contributed by atoms with Crippen LogP contribution in [0, 0.1) is 0 Å². The van der Waals surface area contributed by atoms with E-state index in [1.807, 2.05) is 29.9 Å². The van der Waals surface area contributed by atoms with Crippen LogP contribution in [0.2, 0.25) is 0 Å². The maximum atomic E-state index is 12.8. The maximum absolute atomic E-state index is 12.8. The number of nitrogens with zero attached hydrogens (tertiary/aromatic N) is 3. The molecule has 2 heterocycles. The van der Waals surface area contributed by atoms with Gasteiger partial charge in [0, 0.05) is 49.8 Å². The van der Waals surface area contributed by atoms with Crippen LogP contribution in [-0.2, 0) is 33.0 Å². The lowest BCUT2D eigenvalue weighted by Crippen LogP contribution is -2.35. The second-order valence-electron chi connectivity index (χ2n) is 7.24. The first-order valence-corrected chi connectivity index (χ1v) is 9.70. The lowest BCUT2D eigenvalue weighted by molar-refractivity contribution is 0.0944. The summed E-state index contributed by atoms with van der Waals surface area (Å²) in [6, 6.07) is 14.6. The molecular weight excluding hydrogens is 350 g/mol. The van der Waals surface area contributed by atoms with Crippen LogP contribution < -0.4 is 10.6 Å². The average Bonchev–Trinajstić information content (AvgIpc) is 3.08. The van der Waals surface area contributed by atoms with Crippen LogP contribution in [0.25, 0.3) is 0 Å². The maximum Gasteiger partial charge on any atom is 0.272 e. The highest BCUT2D eigenvalue weighted by Crippen LogP contribution is 2.24. The summed E-state index contributed by atoms with van der Waals surface area (Å²) >= 11 is 0. The summed E-state index contributed by atoms with van der Waals surface area (Å²) in [4.78, 5) is 16.8. The lowest BCUT2D eigenvalue weighted by Gasteiger charge is -2.24. The third-order valence-electron chi connectivity index (χ3n) is 5.31. The molecular formula is C22H25N5O. The molecule has 3 aromatic rings. The van der Waals surface area contributed by atoms with E-state index < -0.39 is 0 Å². The molecule has 0 spiro atoms. The fourth-order valence-corrected chi connectivity index (χ4v) is 3.77. The van der Waals surface area contributed by atoms with Gasteiger partial charge in [-0.05, 0) is 42.5 Å². The van der Waals surface area contributed by atoms with Gasteiger partial charge in [-0.2, -0.15) is 5.10 Å². The number of aryl methyl sites for hydroxylation is 1. The van der Waals surface area contributed by atoms with Crippen molar-refractivity contribution in [2.24, 2.45) is 7.05 Å². The molecule has 4 rings (SSSR count). The first kappa shape index (κ1) is 18.4. The number of carbonyl (C=O) groups is 1. The van der Waals surface area contributed by atoms with Crippen molar-refractivity contribution in [2.75, 3.05) is 0 Å². The van der Waals surface area contributed by atoms with Crippen molar-refractivity contribution >= 4 is 5.91 Å². The van der Waals surface area contributed by atoms with Gasteiger partial charge in [-0.15, -0.1) is 0 Å². The number of hydrogen-bond donors (Lipinski definition) is 2. The third kappa shape index (κ3) is 4.12. The zero-order valence-electron chi connectivity index (χ0n) is 16.1. The quantitative estimate of drug-likeness (QED) is 0.694. The van der Waals surface area contributed by atoms with E-state index in [2.05, 4.69) is 45.0 Å². The normalized spacial score (nSPS) is 15.8. The molecule has 2 aromatic heterocycles. The zero-order chi connectivity index (χ0) is 19.3. The molecule has 1 unspecified atom stereocenters. The van der Waals surface area contributed by atoms with E-state index in [0.717, 1.165) is 36.9 Å². The fraction of sp³-hybridized carbons (Fsp3) is 0.318. The van der Waals surface area contributed by atoms with Gasteiger partial charge in [0.05, 0.1) is 0 Å². The van der Waals surface area contributed by atoms with Gasteiger partial charge in [0.1, 0.15) is 0 Å². The highest BCUT2D eigenvalue weighted by molar-refractivity contribution is 5.94. The van der Waals surface area contributed by atoms with Gasteiger partial charge >= 0.3 is 0 Å². The summed E-state index contributed by atoms with van der Waals surface area (Å²) in [6.45, 7) is 1.31. The predicted octanol–water partition coefficient (Wildman–Crippen LogP) is 2.39. The number of nitrogens with one attached hydrogen (secondary N) is 2. The Labute approximate surface area is 165 Å². The minimum absolute atomic E-state index is 0.114. The standard InChI is InChI=1S/C22H25N5O/c1-27-20-8-7-18(24-14-16-5-3-2-4-6-16)13-19(20)21(26-27)22(28)25-15-17-9-11-23-12-10-17/h2-6,9-12,18,24H,7-8,13-15H2,1H3,(H,25,28). The van der Waals surface area contributed by atoms with Crippen molar-refractivity contribution in [1.29, 1.82) is 0 Å². The van der Waals surface area contributed by atoms with Crippen LogP contribution in [0.15, 0.2) is 54.9 Å². The molecule has 0 bridgehead atoms. The van der Waals surface area contributed by atoms with E-state index in [1.165, 1.54) is 11.3 Å². The Balaban J connectivity index is 1.42. The molecule has 0 saturated carbocycles. The lowest BCUT2D eigenvalue weighted by atomic mass is 9.91. The van der Waals surface area contributed by atoms with Crippen LogP contribution in [0.4, 0.5) is 0 Å². The highest BCUT2D eigenvalue weighted by Gasteiger charge is 2.28. The van der Waals surface area contributed by atoms with Crippen molar-refractivity contribution in [3.63, 3.8) is 0 Å². The Hall–Kier alpha value is -2.99. The SMILES string of the molecule is Cn1nc(C(=O)NCc2ccncc2)c2c1CCC(NCc1ccccc1)C2. The molecule has 0 aliphatic heterocycles. The van der Waals surface area contributed by atoms with Gasteiger partial charge in [-0.3, -0.25) is 14.5 Å². The number of pyridine rings is 1.